The number of halogens is 3. The van der Waals surface area contributed by atoms with Crippen LogP contribution < -0.4 is 20.1 Å². The summed E-state index contributed by atoms with van der Waals surface area (Å²) in [5, 5.41) is 13.9. The lowest BCUT2D eigenvalue weighted by Crippen LogP contribution is -2.73. The quantitative estimate of drug-likeness (QED) is 0.656. The first kappa shape index (κ1) is 20.6. The standard InChI is InChI=1S/C16H19F3N2O6/c1-4-27-13(22)10-11(8-6-5-7-9(25-2)12(8)26-3)20-14(23)21-15(10,24)16(17,18)19/h5-7,10-11,24H,4H2,1-3H3,(H2,20,21,23)/t10-,11+,15+/m0/s1. The van der Waals surface area contributed by atoms with Crippen LogP contribution in [0.25, 0.3) is 0 Å². The number of para-hydroxylation sites is 1. The van der Waals surface area contributed by atoms with Crippen LogP contribution in [0.15, 0.2) is 18.2 Å². The summed E-state index contributed by atoms with van der Waals surface area (Å²) < 4.78 is 55.8. The second kappa shape index (κ2) is 7.51. The lowest BCUT2D eigenvalue weighted by molar-refractivity contribution is -0.294. The molecule has 3 N–H and O–H groups in total. The van der Waals surface area contributed by atoms with Gasteiger partial charge >= 0.3 is 18.2 Å². The highest BCUT2D eigenvalue weighted by atomic mass is 19.4. The van der Waals surface area contributed by atoms with Gasteiger partial charge in [0.15, 0.2) is 11.5 Å². The van der Waals surface area contributed by atoms with Crippen LogP contribution in [-0.2, 0) is 9.53 Å². The second-order valence-corrected chi connectivity index (χ2v) is 5.65. The minimum absolute atomic E-state index is 0.00558. The van der Waals surface area contributed by atoms with Gasteiger partial charge in [0.05, 0.1) is 26.9 Å². The molecule has 1 aliphatic heterocycles. The molecule has 0 saturated carbocycles. The Labute approximate surface area is 152 Å². The molecule has 27 heavy (non-hydrogen) atoms. The first-order chi connectivity index (χ1) is 12.6. The van der Waals surface area contributed by atoms with Crippen LogP contribution in [0.1, 0.15) is 18.5 Å². The number of esters is 1. The predicted octanol–water partition coefficient (Wildman–Crippen LogP) is 1.49. The Morgan fingerprint density at radius 3 is 2.48 bits per heavy atom. The van der Waals surface area contributed by atoms with Gasteiger partial charge in [-0.3, -0.25) is 4.79 Å². The zero-order valence-electron chi connectivity index (χ0n) is 14.7. The van der Waals surface area contributed by atoms with Crippen molar-refractivity contribution >= 4 is 12.0 Å². The highest BCUT2D eigenvalue weighted by molar-refractivity contribution is 5.83. The Hall–Kier alpha value is -2.69. The van der Waals surface area contributed by atoms with Crippen molar-refractivity contribution < 1.29 is 42.1 Å². The third kappa shape index (κ3) is 3.59. The Kier molecular flexibility index (Phi) is 5.73. The number of urea groups is 1. The Morgan fingerprint density at radius 1 is 1.30 bits per heavy atom. The number of carbonyl (C=O) groups is 2. The van der Waals surface area contributed by atoms with Gasteiger partial charge in [-0.25, -0.2) is 4.79 Å². The van der Waals surface area contributed by atoms with Crippen LogP contribution in [0, 0.1) is 5.92 Å². The molecule has 0 spiro atoms. The number of hydrogen-bond acceptors (Lipinski definition) is 6. The molecular formula is C16H19F3N2O6. The molecule has 11 heteroatoms. The van der Waals surface area contributed by atoms with Crippen LogP contribution >= 0.6 is 0 Å². The smallest absolute Gasteiger partial charge is 0.437 e. The molecule has 2 rings (SSSR count). The van der Waals surface area contributed by atoms with Gasteiger partial charge in [-0.1, -0.05) is 12.1 Å². The Bertz CT molecular complexity index is 727. The molecule has 3 atom stereocenters. The molecule has 0 aliphatic carbocycles. The molecule has 150 valence electrons. The predicted molar refractivity (Wildman–Crippen MR) is 85.1 cm³/mol. The maximum atomic E-state index is 13.6. The number of rotatable bonds is 5. The number of nitrogens with one attached hydrogen (secondary N) is 2. The van der Waals surface area contributed by atoms with E-state index in [4.69, 9.17) is 14.2 Å². The highest BCUT2D eigenvalue weighted by Crippen LogP contribution is 2.46. The van der Waals surface area contributed by atoms with Crippen molar-refractivity contribution in [2.24, 2.45) is 5.92 Å². The van der Waals surface area contributed by atoms with Crippen molar-refractivity contribution in [3.63, 3.8) is 0 Å². The minimum Gasteiger partial charge on any atom is -0.493 e. The number of ether oxygens (including phenoxy) is 3. The van der Waals surface area contributed by atoms with Crippen molar-refractivity contribution in [1.82, 2.24) is 10.6 Å². The fraction of sp³-hybridized carbons (Fsp3) is 0.500. The van der Waals surface area contributed by atoms with E-state index in [1.807, 2.05) is 0 Å². The van der Waals surface area contributed by atoms with Gasteiger partial charge in [0, 0.05) is 5.56 Å². The van der Waals surface area contributed by atoms with E-state index in [-0.39, 0.29) is 23.7 Å². The van der Waals surface area contributed by atoms with E-state index in [9.17, 15) is 27.9 Å². The number of hydrogen-bond donors (Lipinski definition) is 3. The Morgan fingerprint density at radius 2 is 1.96 bits per heavy atom. The van der Waals surface area contributed by atoms with Crippen molar-refractivity contribution in [3.05, 3.63) is 23.8 Å². The lowest BCUT2D eigenvalue weighted by atomic mass is 9.81. The normalized spacial score (nSPS) is 25.2. The van der Waals surface area contributed by atoms with E-state index >= 15 is 0 Å². The summed E-state index contributed by atoms with van der Waals surface area (Å²) in [5.41, 5.74) is -3.84. The van der Waals surface area contributed by atoms with Gasteiger partial charge < -0.3 is 30.0 Å². The van der Waals surface area contributed by atoms with Crippen LogP contribution in [0.2, 0.25) is 0 Å². The SMILES string of the molecule is CCOC(=O)[C@@H]1[C@@H](c2cccc(OC)c2OC)NC(=O)N[C@]1(O)C(F)(F)F. The third-order valence-corrected chi connectivity index (χ3v) is 4.12. The van der Waals surface area contributed by atoms with Crippen LogP contribution in [-0.4, -0.2) is 49.8 Å². The summed E-state index contributed by atoms with van der Waals surface area (Å²) >= 11 is 0. The maximum Gasteiger partial charge on any atom is 0.437 e. The molecule has 0 radical (unpaired) electrons. The number of aliphatic hydroxyl groups is 1. The van der Waals surface area contributed by atoms with Gasteiger partial charge in [0.1, 0.15) is 5.92 Å². The van der Waals surface area contributed by atoms with Gasteiger partial charge in [-0.15, -0.1) is 0 Å². The summed E-state index contributed by atoms with van der Waals surface area (Å²) in [5.74, 6) is -3.41. The monoisotopic (exact) mass is 392 g/mol. The van der Waals surface area contributed by atoms with Gasteiger partial charge in [0.25, 0.3) is 5.72 Å². The molecule has 1 heterocycles. The summed E-state index contributed by atoms with van der Waals surface area (Å²) in [6.07, 6.45) is -5.35. The van der Waals surface area contributed by atoms with Crippen molar-refractivity contribution in [2.75, 3.05) is 20.8 Å². The minimum atomic E-state index is -5.35. The maximum absolute atomic E-state index is 13.6. The van der Waals surface area contributed by atoms with E-state index in [2.05, 4.69) is 5.32 Å². The van der Waals surface area contributed by atoms with Crippen LogP contribution in [0.5, 0.6) is 11.5 Å². The zero-order chi connectivity index (χ0) is 20.4. The third-order valence-electron chi connectivity index (χ3n) is 4.12. The number of alkyl halides is 3. The zero-order valence-corrected chi connectivity index (χ0v) is 14.7. The fourth-order valence-corrected chi connectivity index (χ4v) is 2.95. The van der Waals surface area contributed by atoms with E-state index < -0.39 is 35.9 Å². The average Bonchev–Trinajstić information content (AvgIpc) is 2.59. The topological polar surface area (TPSA) is 106 Å². The molecule has 0 unspecified atom stereocenters. The molecule has 0 bridgehead atoms. The molecule has 2 amide bonds. The molecule has 1 aliphatic rings. The average molecular weight is 392 g/mol. The van der Waals surface area contributed by atoms with Crippen molar-refractivity contribution in [1.29, 1.82) is 0 Å². The van der Waals surface area contributed by atoms with E-state index in [0.717, 1.165) is 0 Å². The number of carbonyl (C=O) groups excluding carboxylic acids is 2. The molecule has 0 aromatic heterocycles. The molecule has 1 aromatic carbocycles. The largest absolute Gasteiger partial charge is 0.493 e. The first-order valence-corrected chi connectivity index (χ1v) is 7.86. The fourth-order valence-electron chi connectivity index (χ4n) is 2.95. The van der Waals surface area contributed by atoms with Crippen LogP contribution in [0.3, 0.4) is 0 Å². The second-order valence-electron chi connectivity index (χ2n) is 5.65. The van der Waals surface area contributed by atoms with Gasteiger partial charge in [-0.2, -0.15) is 13.2 Å². The first-order valence-electron chi connectivity index (χ1n) is 7.86. The van der Waals surface area contributed by atoms with Crippen molar-refractivity contribution in [3.8, 4) is 11.5 Å². The molecule has 1 aromatic rings. The summed E-state index contributed by atoms with van der Waals surface area (Å²) in [4.78, 5) is 24.2. The molecule has 1 saturated heterocycles. The van der Waals surface area contributed by atoms with E-state index in [0.29, 0.717) is 0 Å². The van der Waals surface area contributed by atoms with Crippen LogP contribution in [0.4, 0.5) is 18.0 Å². The van der Waals surface area contributed by atoms with E-state index in [1.54, 1.807) is 0 Å². The lowest BCUT2D eigenvalue weighted by Gasteiger charge is -2.44. The van der Waals surface area contributed by atoms with Gasteiger partial charge in [-0.05, 0) is 13.0 Å². The molecule has 8 nitrogen and oxygen atoms in total. The van der Waals surface area contributed by atoms with Gasteiger partial charge in [0.2, 0.25) is 0 Å². The number of benzene rings is 1. The number of methoxy groups -OCH3 is 2. The summed E-state index contributed by atoms with van der Waals surface area (Å²) in [6, 6.07) is 1.36. The summed E-state index contributed by atoms with van der Waals surface area (Å²) in [7, 11) is 2.57. The molecule has 1 fully saturated rings. The Balaban J connectivity index is 2.68. The number of amides is 2. The van der Waals surface area contributed by atoms with E-state index in [1.165, 1.54) is 44.7 Å². The highest BCUT2D eigenvalue weighted by Gasteiger charge is 2.67. The van der Waals surface area contributed by atoms with Crippen molar-refractivity contribution in [2.45, 2.75) is 24.9 Å². The molecular weight excluding hydrogens is 373 g/mol. The summed E-state index contributed by atoms with van der Waals surface area (Å²) in [6.45, 7) is 1.18.